The van der Waals surface area contributed by atoms with E-state index in [0.717, 1.165) is 6.04 Å². The van der Waals surface area contributed by atoms with Crippen molar-refractivity contribution >= 4 is 43.1 Å². The minimum absolute atomic E-state index is 0.0923. The van der Waals surface area contributed by atoms with Gasteiger partial charge in [-0.3, -0.25) is 4.79 Å². The Morgan fingerprint density at radius 3 is 2.74 bits per heavy atom. The molecule has 0 radical (unpaired) electrons. The van der Waals surface area contributed by atoms with Gasteiger partial charge < -0.3 is 15.1 Å². The van der Waals surface area contributed by atoms with Crippen LogP contribution in [0.4, 0.5) is 0 Å². The standard InChI is InChI=1S/C17H22N2O5S2Si/c1-11-14(9-15(20)21)26-17(18-11)25-13-5-6-19(23)10-12(13)16(22)24-7-8-27(2,3)4/h5-6,10H,7-9H2,1-4H3,(H,20,21). The molecule has 10 heteroatoms. The van der Waals surface area contributed by atoms with E-state index in [4.69, 9.17) is 9.84 Å². The first kappa shape index (κ1) is 21.4. The molecule has 2 heterocycles. The number of aromatic nitrogens is 2. The van der Waals surface area contributed by atoms with Crippen molar-refractivity contribution in [1.82, 2.24) is 4.98 Å². The molecule has 2 rings (SSSR count). The van der Waals surface area contributed by atoms with Crippen molar-refractivity contribution in [2.24, 2.45) is 0 Å². The highest BCUT2D eigenvalue weighted by molar-refractivity contribution is 8.01. The predicted molar refractivity (Wildman–Crippen MR) is 106 cm³/mol. The number of aliphatic carboxylic acids is 1. The number of carbonyl (C=O) groups excluding carboxylic acids is 1. The number of carboxylic acids is 1. The summed E-state index contributed by atoms with van der Waals surface area (Å²) in [6, 6.07) is 2.38. The van der Waals surface area contributed by atoms with E-state index >= 15 is 0 Å². The fraction of sp³-hybridized carbons (Fsp3) is 0.412. The van der Waals surface area contributed by atoms with Gasteiger partial charge in [-0.2, -0.15) is 4.73 Å². The highest BCUT2D eigenvalue weighted by Gasteiger charge is 2.21. The van der Waals surface area contributed by atoms with Gasteiger partial charge in [0.05, 0.1) is 18.7 Å². The van der Waals surface area contributed by atoms with Gasteiger partial charge >= 0.3 is 11.9 Å². The minimum atomic E-state index is -1.33. The molecule has 0 aliphatic heterocycles. The molecule has 0 fully saturated rings. The van der Waals surface area contributed by atoms with Crippen LogP contribution < -0.4 is 4.73 Å². The molecule has 0 saturated carbocycles. The van der Waals surface area contributed by atoms with E-state index in [9.17, 15) is 14.8 Å². The molecular formula is C17H22N2O5S2Si. The van der Waals surface area contributed by atoms with E-state index < -0.39 is 20.0 Å². The molecule has 0 bridgehead atoms. The highest BCUT2D eigenvalue weighted by atomic mass is 32.2. The van der Waals surface area contributed by atoms with E-state index in [2.05, 4.69) is 24.6 Å². The SMILES string of the molecule is Cc1nc(Sc2cc[n+]([O-])cc2C(=O)OCC[Si](C)(C)C)sc1CC(=O)O. The number of hydrogen-bond donors (Lipinski definition) is 1. The monoisotopic (exact) mass is 426 g/mol. The van der Waals surface area contributed by atoms with E-state index in [1.54, 1.807) is 13.0 Å². The number of ether oxygens (including phenoxy) is 1. The van der Waals surface area contributed by atoms with Crippen molar-refractivity contribution in [1.29, 1.82) is 0 Å². The maximum Gasteiger partial charge on any atom is 0.345 e. The molecule has 2 aromatic heterocycles. The summed E-state index contributed by atoms with van der Waals surface area (Å²) < 4.78 is 6.53. The number of nitrogens with zero attached hydrogens (tertiary/aromatic N) is 2. The van der Waals surface area contributed by atoms with Gasteiger partial charge in [0.2, 0.25) is 0 Å². The molecule has 0 unspecified atom stereocenters. The fourth-order valence-electron chi connectivity index (χ4n) is 2.08. The van der Waals surface area contributed by atoms with Crippen molar-refractivity contribution in [3.63, 3.8) is 0 Å². The van der Waals surface area contributed by atoms with Gasteiger partial charge in [-0.05, 0) is 13.0 Å². The number of rotatable bonds is 8. The summed E-state index contributed by atoms with van der Waals surface area (Å²) in [5, 5.41) is 20.6. The molecule has 0 aromatic carbocycles. The maximum absolute atomic E-state index is 12.4. The smallest absolute Gasteiger partial charge is 0.345 e. The van der Waals surface area contributed by atoms with E-state index in [1.807, 2.05) is 0 Å². The molecule has 0 saturated heterocycles. The second-order valence-electron chi connectivity index (χ2n) is 7.19. The number of pyridine rings is 1. The largest absolute Gasteiger partial charge is 0.619 e. The van der Waals surface area contributed by atoms with Crippen LogP contribution in [0.25, 0.3) is 0 Å². The van der Waals surface area contributed by atoms with Crippen molar-refractivity contribution in [2.75, 3.05) is 6.61 Å². The molecule has 146 valence electrons. The van der Waals surface area contributed by atoms with Crippen LogP contribution in [-0.2, 0) is 16.0 Å². The average Bonchev–Trinajstić information content (AvgIpc) is 2.86. The summed E-state index contributed by atoms with van der Waals surface area (Å²) in [7, 11) is -1.33. The van der Waals surface area contributed by atoms with E-state index in [-0.39, 0.29) is 12.0 Å². The van der Waals surface area contributed by atoms with Crippen LogP contribution in [0, 0.1) is 12.1 Å². The number of esters is 1. The zero-order valence-electron chi connectivity index (χ0n) is 15.6. The Labute approximate surface area is 167 Å². The van der Waals surface area contributed by atoms with Crippen LogP contribution in [0.5, 0.6) is 0 Å². The summed E-state index contributed by atoms with van der Waals surface area (Å²) in [5.74, 6) is -1.46. The second-order valence-corrected chi connectivity index (χ2v) is 15.2. The highest BCUT2D eigenvalue weighted by Crippen LogP contribution is 2.34. The predicted octanol–water partition coefficient (Wildman–Crippen LogP) is 3.36. The van der Waals surface area contributed by atoms with Gasteiger partial charge in [0.1, 0.15) is 5.56 Å². The Balaban J connectivity index is 2.18. The van der Waals surface area contributed by atoms with Crippen LogP contribution in [0.1, 0.15) is 20.9 Å². The lowest BCUT2D eigenvalue weighted by molar-refractivity contribution is -0.605. The third-order valence-corrected chi connectivity index (χ3v) is 7.58. The summed E-state index contributed by atoms with van der Waals surface area (Å²) >= 11 is 2.49. The van der Waals surface area contributed by atoms with Crippen LogP contribution in [0.2, 0.25) is 25.7 Å². The Morgan fingerprint density at radius 2 is 2.11 bits per heavy atom. The summed E-state index contributed by atoms with van der Waals surface area (Å²) in [5.41, 5.74) is 0.833. The van der Waals surface area contributed by atoms with Crippen molar-refractivity contribution in [3.05, 3.63) is 39.8 Å². The van der Waals surface area contributed by atoms with Crippen molar-refractivity contribution in [3.8, 4) is 0 Å². The maximum atomic E-state index is 12.4. The van der Waals surface area contributed by atoms with Crippen molar-refractivity contribution < 1.29 is 24.2 Å². The summed E-state index contributed by atoms with van der Waals surface area (Å²) in [4.78, 5) is 28.9. The third kappa shape index (κ3) is 6.63. The molecule has 0 amide bonds. The third-order valence-electron chi connectivity index (χ3n) is 3.58. The molecule has 7 nitrogen and oxygen atoms in total. The Kier molecular flexibility index (Phi) is 7.01. The van der Waals surface area contributed by atoms with Gasteiger partial charge in [0.25, 0.3) is 0 Å². The van der Waals surface area contributed by atoms with Crippen LogP contribution in [0.3, 0.4) is 0 Å². The number of hydrogen-bond acceptors (Lipinski definition) is 7. The molecule has 0 atom stereocenters. The Bertz CT molecular complexity index is 848. The molecule has 0 spiro atoms. The molecule has 0 aliphatic rings. The normalized spacial score (nSPS) is 11.4. The first-order chi connectivity index (χ1) is 12.5. The van der Waals surface area contributed by atoms with E-state index in [0.29, 0.717) is 31.1 Å². The molecule has 0 aliphatic carbocycles. The quantitative estimate of drug-likeness (QED) is 0.299. The minimum Gasteiger partial charge on any atom is -0.619 e. The van der Waals surface area contributed by atoms with Crippen LogP contribution >= 0.6 is 23.1 Å². The van der Waals surface area contributed by atoms with Crippen LogP contribution in [-0.4, -0.2) is 36.7 Å². The lowest BCUT2D eigenvalue weighted by Gasteiger charge is -2.15. The van der Waals surface area contributed by atoms with Gasteiger partial charge in [-0.25, -0.2) is 9.78 Å². The van der Waals surface area contributed by atoms with Gasteiger partial charge in [0.15, 0.2) is 16.7 Å². The fourth-order valence-corrected chi connectivity index (χ4v) is 5.06. The summed E-state index contributed by atoms with van der Waals surface area (Å²) in [6.07, 6.45) is 2.41. The number of thiazole rings is 1. The lowest BCUT2D eigenvalue weighted by Crippen LogP contribution is -2.27. The Morgan fingerprint density at radius 1 is 1.41 bits per heavy atom. The number of carboxylic acid groups (broad SMARTS) is 1. The van der Waals surface area contributed by atoms with Gasteiger partial charge in [-0.15, -0.1) is 11.3 Å². The number of aryl methyl sites for hydroxylation is 1. The zero-order chi connectivity index (χ0) is 20.2. The zero-order valence-corrected chi connectivity index (χ0v) is 18.3. The topological polar surface area (TPSA) is 103 Å². The van der Waals surface area contributed by atoms with Gasteiger partial charge in [-0.1, -0.05) is 31.4 Å². The van der Waals surface area contributed by atoms with E-state index in [1.165, 1.54) is 35.5 Å². The molecular weight excluding hydrogens is 404 g/mol. The number of carbonyl (C=O) groups is 2. The lowest BCUT2D eigenvalue weighted by atomic mass is 10.3. The first-order valence-corrected chi connectivity index (χ1v) is 13.6. The molecule has 2 aromatic rings. The molecule has 1 N–H and O–H groups in total. The summed E-state index contributed by atoms with van der Waals surface area (Å²) in [6.45, 7) is 8.65. The Hall–Kier alpha value is -1.91. The second kappa shape index (κ2) is 8.85. The first-order valence-electron chi connectivity index (χ1n) is 8.31. The van der Waals surface area contributed by atoms with Crippen LogP contribution in [0.15, 0.2) is 27.7 Å². The van der Waals surface area contributed by atoms with Crippen molar-refractivity contribution in [2.45, 2.75) is 48.3 Å². The average molecular weight is 427 g/mol. The van der Waals surface area contributed by atoms with Gasteiger partial charge in [0, 0.05) is 23.9 Å². The molecule has 27 heavy (non-hydrogen) atoms.